The summed E-state index contributed by atoms with van der Waals surface area (Å²) in [6.45, 7) is 14.9. The van der Waals surface area contributed by atoms with E-state index in [9.17, 15) is 4.79 Å². The molecule has 102 valence electrons. The average molecular weight is 240 g/mol. The third-order valence-electron chi connectivity index (χ3n) is 2.41. The van der Waals surface area contributed by atoms with E-state index >= 15 is 0 Å². The molecular formula is C16H32O. The molecule has 0 heterocycles. The second-order valence-corrected chi connectivity index (χ2v) is 5.82. The van der Waals surface area contributed by atoms with E-state index in [0.717, 1.165) is 37.5 Å². The Hall–Kier alpha value is -0.590. The highest BCUT2D eigenvalue weighted by molar-refractivity contribution is 5.78. The van der Waals surface area contributed by atoms with Crippen LogP contribution in [0.3, 0.4) is 0 Å². The Kier molecular flexibility index (Phi) is 13.1. The van der Waals surface area contributed by atoms with Crippen LogP contribution in [0.2, 0.25) is 0 Å². The van der Waals surface area contributed by atoms with Crippen LogP contribution in [0.5, 0.6) is 0 Å². The molecule has 0 aromatic heterocycles. The van der Waals surface area contributed by atoms with Gasteiger partial charge < -0.3 is 0 Å². The predicted octanol–water partition coefficient (Wildman–Crippen LogP) is 5.40. The molecule has 0 amide bonds. The van der Waals surface area contributed by atoms with E-state index in [1.54, 1.807) is 0 Å². The highest BCUT2D eigenvalue weighted by Gasteiger charge is 2.13. The van der Waals surface area contributed by atoms with Crippen LogP contribution in [0.1, 0.15) is 74.1 Å². The van der Waals surface area contributed by atoms with Crippen LogP contribution >= 0.6 is 0 Å². The van der Waals surface area contributed by atoms with Crippen molar-refractivity contribution in [2.75, 3.05) is 0 Å². The number of hydrogen-bond acceptors (Lipinski definition) is 1. The predicted molar refractivity (Wildman–Crippen MR) is 78.3 cm³/mol. The van der Waals surface area contributed by atoms with Gasteiger partial charge in [-0.15, -0.1) is 0 Å². The summed E-state index contributed by atoms with van der Waals surface area (Å²) in [6, 6.07) is 0. The minimum atomic E-state index is 0.461. The van der Waals surface area contributed by atoms with Crippen LogP contribution in [0.15, 0.2) is 11.6 Å². The summed E-state index contributed by atoms with van der Waals surface area (Å²) >= 11 is 0. The summed E-state index contributed by atoms with van der Waals surface area (Å²) in [7, 11) is 0. The average Bonchev–Trinajstić information content (AvgIpc) is 2.22. The molecule has 0 aliphatic heterocycles. The quantitative estimate of drug-likeness (QED) is 0.518. The monoisotopic (exact) mass is 240 g/mol. The van der Waals surface area contributed by atoms with Gasteiger partial charge in [0, 0.05) is 12.8 Å². The second kappa shape index (κ2) is 11.9. The van der Waals surface area contributed by atoms with Gasteiger partial charge in [-0.2, -0.15) is 0 Å². The Labute approximate surface area is 109 Å². The number of hydrogen-bond donors (Lipinski definition) is 0. The number of carbonyl (C=O) groups excluding carboxylic acids is 1. The summed E-state index contributed by atoms with van der Waals surface area (Å²) in [5.41, 5.74) is 1.38. The molecule has 0 aromatic rings. The molecule has 1 saturated carbocycles. The maximum Gasteiger partial charge on any atom is 0.132 e. The van der Waals surface area contributed by atoms with Crippen LogP contribution < -0.4 is 0 Å². The fraction of sp³-hybridized carbons (Fsp3) is 0.812. The van der Waals surface area contributed by atoms with E-state index in [0.29, 0.717) is 5.78 Å². The van der Waals surface area contributed by atoms with Crippen molar-refractivity contribution in [3.05, 3.63) is 11.6 Å². The van der Waals surface area contributed by atoms with Gasteiger partial charge in [-0.25, -0.2) is 0 Å². The fourth-order valence-electron chi connectivity index (χ4n) is 1.08. The Bertz CT molecular complexity index is 197. The summed E-state index contributed by atoms with van der Waals surface area (Å²) in [5.74, 6) is 2.09. The molecule has 1 fully saturated rings. The minimum Gasteiger partial charge on any atom is -0.300 e. The van der Waals surface area contributed by atoms with Crippen molar-refractivity contribution in [3.8, 4) is 0 Å². The number of ketones is 1. The molecule has 1 heteroatoms. The SMILES string of the molecule is CC(C)C.CC1CCC(=O)CC1.CC=C(C)C. The van der Waals surface area contributed by atoms with E-state index in [1.807, 2.05) is 6.92 Å². The number of carbonyl (C=O) groups is 1. The van der Waals surface area contributed by atoms with Crippen molar-refractivity contribution in [2.24, 2.45) is 11.8 Å². The normalized spacial score (nSPS) is 15.4. The molecule has 1 rings (SSSR count). The lowest BCUT2D eigenvalue weighted by molar-refractivity contribution is -0.120. The molecule has 0 spiro atoms. The molecule has 0 atom stereocenters. The van der Waals surface area contributed by atoms with E-state index in [2.05, 4.69) is 47.6 Å². The first-order valence-electron chi connectivity index (χ1n) is 6.90. The number of Topliss-reactive ketones (excluding diaryl/α,β-unsaturated/α-hetero) is 1. The van der Waals surface area contributed by atoms with Gasteiger partial charge in [0.2, 0.25) is 0 Å². The van der Waals surface area contributed by atoms with Gasteiger partial charge in [-0.3, -0.25) is 4.79 Å². The zero-order chi connectivity index (χ0) is 13.8. The van der Waals surface area contributed by atoms with Gasteiger partial charge in [0.25, 0.3) is 0 Å². The molecular weight excluding hydrogens is 208 g/mol. The van der Waals surface area contributed by atoms with Crippen LogP contribution in [0, 0.1) is 11.8 Å². The number of rotatable bonds is 0. The van der Waals surface area contributed by atoms with Crippen LogP contribution in [0.25, 0.3) is 0 Å². The standard InChI is InChI=1S/C7H12O.C5H10.C4H10/c1-6-2-4-7(8)5-3-6;1-4-5(2)3;1-4(2)3/h6H,2-5H2,1H3;4H,1-3H3;4H,1-3H3. The maximum atomic E-state index is 10.6. The van der Waals surface area contributed by atoms with Crippen molar-refractivity contribution in [1.29, 1.82) is 0 Å². The lowest BCUT2D eigenvalue weighted by atomic mass is 9.90. The summed E-state index contributed by atoms with van der Waals surface area (Å²) < 4.78 is 0. The van der Waals surface area contributed by atoms with Gasteiger partial charge in [0.15, 0.2) is 0 Å². The van der Waals surface area contributed by atoms with E-state index in [1.165, 1.54) is 5.57 Å². The van der Waals surface area contributed by atoms with E-state index in [4.69, 9.17) is 0 Å². The molecule has 1 nitrogen and oxygen atoms in total. The van der Waals surface area contributed by atoms with Gasteiger partial charge in [-0.05, 0) is 45.4 Å². The Morgan fingerprint density at radius 3 is 1.65 bits per heavy atom. The first-order chi connectivity index (χ1) is 7.79. The highest BCUT2D eigenvalue weighted by Crippen LogP contribution is 2.19. The summed E-state index contributed by atoms with van der Waals surface area (Å²) in [4.78, 5) is 10.6. The van der Waals surface area contributed by atoms with Crippen molar-refractivity contribution in [1.82, 2.24) is 0 Å². The van der Waals surface area contributed by atoms with Crippen molar-refractivity contribution < 1.29 is 4.79 Å². The molecule has 0 N–H and O–H groups in total. The first-order valence-corrected chi connectivity index (χ1v) is 6.90. The molecule has 0 unspecified atom stereocenters. The Morgan fingerprint density at radius 1 is 1.18 bits per heavy atom. The van der Waals surface area contributed by atoms with Crippen molar-refractivity contribution in [3.63, 3.8) is 0 Å². The zero-order valence-corrected chi connectivity index (χ0v) is 13.0. The molecule has 0 saturated heterocycles. The van der Waals surface area contributed by atoms with Gasteiger partial charge in [-0.1, -0.05) is 39.3 Å². The van der Waals surface area contributed by atoms with Gasteiger partial charge in [0.05, 0.1) is 0 Å². The topological polar surface area (TPSA) is 17.1 Å². The van der Waals surface area contributed by atoms with Crippen molar-refractivity contribution in [2.45, 2.75) is 74.1 Å². The maximum absolute atomic E-state index is 10.6. The summed E-state index contributed by atoms with van der Waals surface area (Å²) in [6.07, 6.45) is 6.00. The summed E-state index contributed by atoms with van der Waals surface area (Å²) in [5, 5.41) is 0. The zero-order valence-electron chi connectivity index (χ0n) is 13.0. The van der Waals surface area contributed by atoms with Crippen molar-refractivity contribution >= 4 is 5.78 Å². The second-order valence-electron chi connectivity index (χ2n) is 5.82. The molecule has 0 bridgehead atoms. The lowest BCUT2D eigenvalue weighted by Gasteiger charge is -2.14. The fourth-order valence-corrected chi connectivity index (χ4v) is 1.08. The first kappa shape index (κ1) is 18.8. The van der Waals surface area contributed by atoms with Gasteiger partial charge in [0.1, 0.15) is 5.78 Å². The van der Waals surface area contributed by atoms with Crippen LogP contribution in [0.4, 0.5) is 0 Å². The Morgan fingerprint density at radius 2 is 1.47 bits per heavy atom. The molecule has 0 radical (unpaired) electrons. The van der Waals surface area contributed by atoms with Crippen LogP contribution in [-0.2, 0) is 4.79 Å². The molecule has 1 aliphatic rings. The molecule has 1 aliphatic carbocycles. The smallest absolute Gasteiger partial charge is 0.132 e. The number of allylic oxidation sites excluding steroid dienone is 2. The van der Waals surface area contributed by atoms with E-state index < -0.39 is 0 Å². The molecule has 17 heavy (non-hydrogen) atoms. The molecule has 0 aromatic carbocycles. The largest absolute Gasteiger partial charge is 0.300 e. The highest BCUT2D eigenvalue weighted by atomic mass is 16.1. The Balaban J connectivity index is 0. The minimum absolute atomic E-state index is 0.461. The van der Waals surface area contributed by atoms with Gasteiger partial charge >= 0.3 is 0 Å². The lowest BCUT2D eigenvalue weighted by Crippen LogP contribution is -2.10. The van der Waals surface area contributed by atoms with E-state index in [-0.39, 0.29) is 0 Å². The third kappa shape index (κ3) is 21.3. The van der Waals surface area contributed by atoms with Crippen LogP contribution in [-0.4, -0.2) is 5.78 Å². The third-order valence-corrected chi connectivity index (χ3v) is 2.41.